The molecule has 3 amide bonds. The third kappa shape index (κ3) is 6.16. The van der Waals surface area contributed by atoms with E-state index in [1.165, 1.54) is 19.3 Å². The second kappa shape index (κ2) is 10.9. The number of thioether (sulfide) groups is 1. The Labute approximate surface area is 204 Å². The summed E-state index contributed by atoms with van der Waals surface area (Å²) in [6.07, 6.45) is -3.05. The van der Waals surface area contributed by atoms with Crippen LogP contribution in [0.1, 0.15) is 25.0 Å². The molecule has 1 fully saturated rings. The Morgan fingerprint density at radius 1 is 1.14 bits per heavy atom. The number of nitrogens with one attached hydrogen (secondary N) is 1. The van der Waals surface area contributed by atoms with Crippen LogP contribution in [0.5, 0.6) is 5.75 Å². The number of rotatable bonds is 8. The van der Waals surface area contributed by atoms with Crippen LogP contribution < -0.4 is 15.0 Å². The molecule has 1 aliphatic rings. The molecule has 0 saturated carbocycles. The van der Waals surface area contributed by atoms with E-state index in [1.807, 2.05) is 26.0 Å². The summed E-state index contributed by atoms with van der Waals surface area (Å²) in [4.78, 5) is 40.5. The van der Waals surface area contributed by atoms with Crippen LogP contribution in [0.25, 0.3) is 6.08 Å². The van der Waals surface area contributed by atoms with Crippen molar-refractivity contribution >= 4 is 46.3 Å². The highest BCUT2D eigenvalue weighted by atomic mass is 32.2. The zero-order chi connectivity index (χ0) is 25.8. The molecule has 35 heavy (non-hydrogen) atoms. The molecule has 1 saturated heterocycles. The van der Waals surface area contributed by atoms with Crippen LogP contribution >= 0.6 is 11.8 Å². The van der Waals surface area contributed by atoms with Gasteiger partial charge in [0.25, 0.3) is 11.1 Å². The molecule has 11 heteroatoms. The van der Waals surface area contributed by atoms with E-state index in [0.29, 0.717) is 23.1 Å². The third-order valence-corrected chi connectivity index (χ3v) is 6.19. The van der Waals surface area contributed by atoms with E-state index in [2.05, 4.69) is 10.2 Å². The predicted octanol–water partition coefficient (Wildman–Crippen LogP) is 5.24. The predicted molar refractivity (Wildman–Crippen MR) is 129 cm³/mol. The quantitative estimate of drug-likeness (QED) is 0.493. The summed E-state index contributed by atoms with van der Waals surface area (Å²) in [7, 11) is 1.50. The Bertz CT molecular complexity index is 1160. The van der Waals surface area contributed by atoms with Crippen molar-refractivity contribution < 1.29 is 32.3 Å². The third-order valence-electron chi connectivity index (χ3n) is 5.28. The van der Waals surface area contributed by atoms with Crippen molar-refractivity contribution in [2.75, 3.05) is 37.0 Å². The van der Waals surface area contributed by atoms with Crippen molar-refractivity contribution in [3.05, 3.63) is 58.5 Å². The lowest BCUT2D eigenvalue weighted by atomic mass is 10.1. The first-order valence-electron chi connectivity index (χ1n) is 10.7. The molecule has 0 atom stereocenters. The number of carbonyl (C=O) groups excluding carboxylic acids is 3. The highest BCUT2D eigenvalue weighted by Crippen LogP contribution is 2.35. The normalized spacial score (nSPS) is 15.0. The van der Waals surface area contributed by atoms with Crippen molar-refractivity contribution in [1.82, 2.24) is 4.90 Å². The standard InChI is InChI=1S/C24H24F3N3O4S/c1-4-29(5-2)18-10-9-15(19(13-18)34-3)11-20-22(32)30(23(33)35-20)14-21(31)28-17-8-6-7-16(12-17)24(25,26)27/h6-13H,4-5,14H2,1-3H3,(H,28,31)/b20-11-. The zero-order valence-electron chi connectivity index (χ0n) is 19.3. The highest BCUT2D eigenvalue weighted by molar-refractivity contribution is 8.18. The molecule has 186 valence electrons. The van der Waals surface area contributed by atoms with Crippen LogP contribution in [0.3, 0.4) is 0 Å². The Morgan fingerprint density at radius 2 is 1.86 bits per heavy atom. The first kappa shape index (κ1) is 26.1. The van der Waals surface area contributed by atoms with Gasteiger partial charge in [-0.05, 0) is 62.0 Å². The average Bonchev–Trinajstić information content (AvgIpc) is 3.07. The van der Waals surface area contributed by atoms with Gasteiger partial charge in [0.15, 0.2) is 0 Å². The molecule has 0 radical (unpaired) electrons. The SMILES string of the molecule is CCN(CC)c1ccc(/C=C2\SC(=O)N(CC(=O)Nc3cccc(C(F)(F)F)c3)C2=O)c(OC)c1. The van der Waals surface area contributed by atoms with Gasteiger partial charge in [-0.1, -0.05) is 6.07 Å². The second-order valence-corrected chi connectivity index (χ2v) is 8.49. The largest absolute Gasteiger partial charge is 0.496 e. The van der Waals surface area contributed by atoms with Crippen LogP contribution in [-0.2, 0) is 15.8 Å². The number of hydrogen-bond acceptors (Lipinski definition) is 6. The van der Waals surface area contributed by atoms with Gasteiger partial charge in [0, 0.05) is 36.1 Å². The van der Waals surface area contributed by atoms with Crippen molar-refractivity contribution in [2.24, 2.45) is 0 Å². The first-order chi connectivity index (χ1) is 16.6. The molecule has 0 aromatic heterocycles. The molecule has 0 aliphatic carbocycles. The fraction of sp³-hybridized carbons (Fsp3) is 0.292. The van der Waals surface area contributed by atoms with E-state index in [4.69, 9.17) is 4.74 Å². The van der Waals surface area contributed by atoms with Crippen molar-refractivity contribution in [2.45, 2.75) is 20.0 Å². The molecule has 0 bridgehead atoms. The summed E-state index contributed by atoms with van der Waals surface area (Å²) in [6.45, 7) is 5.04. The number of anilines is 2. The van der Waals surface area contributed by atoms with Gasteiger partial charge in [-0.2, -0.15) is 13.2 Å². The number of nitrogens with zero attached hydrogens (tertiary/aromatic N) is 2. The molecule has 3 rings (SSSR count). The van der Waals surface area contributed by atoms with Gasteiger partial charge in [0.1, 0.15) is 12.3 Å². The number of methoxy groups -OCH3 is 1. The van der Waals surface area contributed by atoms with Crippen LogP contribution in [0.15, 0.2) is 47.4 Å². The number of ether oxygens (including phenoxy) is 1. The smallest absolute Gasteiger partial charge is 0.416 e. The fourth-order valence-corrected chi connectivity index (χ4v) is 4.33. The lowest BCUT2D eigenvalue weighted by molar-refractivity contribution is -0.137. The van der Waals surface area contributed by atoms with E-state index < -0.39 is 35.3 Å². The number of imide groups is 1. The van der Waals surface area contributed by atoms with Crippen molar-refractivity contribution in [3.8, 4) is 5.75 Å². The molecule has 7 nitrogen and oxygen atoms in total. The molecule has 1 heterocycles. The van der Waals surface area contributed by atoms with E-state index in [-0.39, 0.29) is 10.6 Å². The summed E-state index contributed by atoms with van der Waals surface area (Å²) >= 11 is 0.673. The molecule has 0 spiro atoms. The maximum atomic E-state index is 12.9. The minimum Gasteiger partial charge on any atom is -0.496 e. The highest BCUT2D eigenvalue weighted by Gasteiger charge is 2.36. The lowest BCUT2D eigenvalue weighted by Crippen LogP contribution is -2.36. The summed E-state index contributed by atoms with van der Waals surface area (Å²) in [5.74, 6) is -0.952. The Balaban J connectivity index is 1.74. The minimum absolute atomic E-state index is 0.0923. The maximum Gasteiger partial charge on any atom is 0.416 e. The van der Waals surface area contributed by atoms with Crippen LogP contribution in [0.4, 0.5) is 29.3 Å². The van der Waals surface area contributed by atoms with Crippen molar-refractivity contribution in [1.29, 1.82) is 0 Å². The fourth-order valence-electron chi connectivity index (χ4n) is 3.50. The molecular formula is C24H24F3N3O4S. The molecule has 2 aromatic carbocycles. The molecular weight excluding hydrogens is 483 g/mol. The molecule has 0 unspecified atom stereocenters. The molecule has 1 N–H and O–H groups in total. The number of carbonyl (C=O) groups is 3. The number of hydrogen-bond donors (Lipinski definition) is 1. The summed E-state index contributed by atoms with van der Waals surface area (Å²) < 4.78 is 44.1. The van der Waals surface area contributed by atoms with E-state index in [1.54, 1.807) is 6.07 Å². The average molecular weight is 508 g/mol. The molecule has 1 aliphatic heterocycles. The topological polar surface area (TPSA) is 79.0 Å². The van der Waals surface area contributed by atoms with Gasteiger partial charge in [-0.3, -0.25) is 19.3 Å². The Kier molecular flexibility index (Phi) is 8.11. The maximum absolute atomic E-state index is 12.9. The van der Waals surface area contributed by atoms with Crippen LogP contribution in [0.2, 0.25) is 0 Å². The minimum atomic E-state index is -4.57. The van der Waals surface area contributed by atoms with Crippen molar-refractivity contribution in [3.63, 3.8) is 0 Å². The summed E-state index contributed by atoms with van der Waals surface area (Å²) in [6, 6.07) is 9.59. The number of benzene rings is 2. The van der Waals surface area contributed by atoms with Gasteiger partial charge >= 0.3 is 6.18 Å². The number of alkyl halides is 3. The van der Waals surface area contributed by atoms with E-state index in [9.17, 15) is 27.6 Å². The number of halogens is 3. The summed E-state index contributed by atoms with van der Waals surface area (Å²) in [5.41, 5.74) is 0.515. The van der Waals surface area contributed by atoms with Gasteiger partial charge in [-0.15, -0.1) is 0 Å². The van der Waals surface area contributed by atoms with Crippen LogP contribution in [0, 0.1) is 0 Å². The van der Waals surface area contributed by atoms with E-state index in [0.717, 1.165) is 41.9 Å². The van der Waals surface area contributed by atoms with Gasteiger partial charge in [-0.25, -0.2) is 0 Å². The Hall–Kier alpha value is -3.47. The van der Waals surface area contributed by atoms with E-state index >= 15 is 0 Å². The van der Waals surface area contributed by atoms with Crippen LogP contribution in [-0.4, -0.2) is 48.7 Å². The lowest BCUT2D eigenvalue weighted by Gasteiger charge is -2.22. The van der Waals surface area contributed by atoms with Gasteiger partial charge in [0.2, 0.25) is 5.91 Å². The molecule has 2 aromatic rings. The number of amides is 3. The zero-order valence-corrected chi connectivity index (χ0v) is 20.1. The van der Waals surface area contributed by atoms with Gasteiger partial charge < -0.3 is 15.0 Å². The second-order valence-electron chi connectivity index (χ2n) is 7.49. The monoisotopic (exact) mass is 507 g/mol. The van der Waals surface area contributed by atoms with Gasteiger partial charge in [0.05, 0.1) is 17.6 Å². The first-order valence-corrected chi connectivity index (χ1v) is 11.5. The summed E-state index contributed by atoms with van der Waals surface area (Å²) in [5, 5.41) is 1.64. The Morgan fingerprint density at radius 3 is 2.49 bits per heavy atom.